The molecule has 16 heavy (non-hydrogen) atoms. The maximum Gasteiger partial charge on any atom is 0.112 e. The minimum absolute atomic E-state index is 0.682. The number of benzene rings is 1. The molecule has 1 heterocycles. The SMILES string of the molecule is CCOn1c(CC)ccc1-c1ccccc1. The summed E-state index contributed by atoms with van der Waals surface area (Å²) in [6.45, 7) is 4.83. The Hall–Kier alpha value is -1.70. The summed E-state index contributed by atoms with van der Waals surface area (Å²) in [7, 11) is 0. The fraction of sp³-hybridized carbons (Fsp3) is 0.286. The number of hydrogen-bond acceptors (Lipinski definition) is 1. The van der Waals surface area contributed by atoms with Crippen molar-refractivity contribution in [3.05, 3.63) is 48.2 Å². The zero-order valence-electron chi connectivity index (χ0n) is 9.81. The second-order valence-electron chi connectivity index (χ2n) is 3.64. The average molecular weight is 215 g/mol. The summed E-state index contributed by atoms with van der Waals surface area (Å²) in [6, 6.07) is 14.6. The van der Waals surface area contributed by atoms with Crippen LogP contribution in [0.4, 0.5) is 0 Å². The second kappa shape index (κ2) is 4.88. The van der Waals surface area contributed by atoms with Gasteiger partial charge in [-0.3, -0.25) is 0 Å². The zero-order chi connectivity index (χ0) is 11.4. The molecule has 84 valence electrons. The van der Waals surface area contributed by atoms with Crippen LogP contribution in [0.2, 0.25) is 0 Å². The zero-order valence-corrected chi connectivity index (χ0v) is 9.81. The van der Waals surface area contributed by atoms with E-state index in [2.05, 4.69) is 31.2 Å². The Morgan fingerprint density at radius 1 is 1.00 bits per heavy atom. The van der Waals surface area contributed by atoms with Crippen molar-refractivity contribution in [1.82, 2.24) is 4.73 Å². The molecule has 0 N–H and O–H groups in total. The lowest BCUT2D eigenvalue weighted by Gasteiger charge is -2.12. The first-order valence-corrected chi connectivity index (χ1v) is 5.76. The van der Waals surface area contributed by atoms with E-state index in [1.165, 1.54) is 11.3 Å². The van der Waals surface area contributed by atoms with Gasteiger partial charge in [0.15, 0.2) is 0 Å². The molecule has 0 saturated heterocycles. The van der Waals surface area contributed by atoms with Gasteiger partial charge in [0, 0.05) is 5.56 Å². The van der Waals surface area contributed by atoms with Crippen molar-refractivity contribution in [3.63, 3.8) is 0 Å². The van der Waals surface area contributed by atoms with Gasteiger partial charge in [-0.15, -0.1) is 0 Å². The van der Waals surface area contributed by atoms with Gasteiger partial charge in [-0.25, -0.2) is 0 Å². The van der Waals surface area contributed by atoms with Crippen LogP contribution in [0.3, 0.4) is 0 Å². The van der Waals surface area contributed by atoms with Crippen LogP contribution >= 0.6 is 0 Å². The van der Waals surface area contributed by atoms with E-state index in [0.717, 1.165) is 12.1 Å². The molecule has 0 aliphatic rings. The van der Waals surface area contributed by atoms with Gasteiger partial charge in [-0.05, 0) is 25.5 Å². The first-order chi connectivity index (χ1) is 7.86. The van der Waals surface area contributed by atoms with Crippen molar-refractivity contribution in [3.8, 4) is 11.3 Å². The van der Waals surface area contributed by atoms with E-state index in [1.54, 1.807) is 0 Å². The molecule has 0 fully saturated rings. The highest BCUT2D eigenvalue weighted by atomic mass is 16.7. The lowest BCUT2D eigenvalue weighted by molar-refractivity contribution is 0.120. The molecule has 0 spiro atoms. The third-order valence-electron chi connectivity index (χ3n) is 2.60. The number of rotatable bonds is 4. The van der Waals surface area contributed by atoms with Gasteiger partial charge in [0.2, 0.25) is 0 Å². The van der Waals surface area contributed by atoms with Crippen LogP contribution in [0, 0.1) is 0 Å². The molecular weight excluding hydrogens is 198 g/mol. The Balaban J connectivity index is 2.44. The van der Waals surface area contributed by atoms with Crippen LogP contribution in [-0.2, 0) is 6.42 Å². The molecule has 2 heteroatoms. The molecule has 0 radical (unpaired) electrons. The van der Waals surface area contributed by atoms with E-state index in [4.69, 9.17) is 4.84 Å². The van der Waals surface area contributed by atoms with Gasteiger partial charge in [-0.2, -0.15) is 4.73 Å². The maximum absolute atomic E-state index is 5.67. The Morgan fingerprint density at radius 3 is 2.38 bits per heavy atom. The van der Waals surface area contributed by atoms with Gasteiger partial charge in [0.05, 0.1) is 11.4 Å². The van der Waals surface area contributed by atoms with Crippen molar-refractivity contribution < 1.29 is 4.84 Å². The minimum Gasteiger partial charge on any atom is -0.414 e. The highest BCUT2D eigenvalue weighted by Crippen LogP contribution is 2.21. The number of aryl methyl sites for hydroxylation is 1. The third-order valence-corrected chi connectivity index (χ3v) is 2.60. The molecule has 1 aromatic carbocycles. The van der Waals surface area contributed by atoms with Gasteiger partial charge in [-0.1, -0.05) is 37.3 Å². The summed E-state index contributed by atoms with van der Waals surface area (Å²) >= 11 is 0. The lowest BCUT2D eigenvalue weighted by Crippen LogP contribution is -2.14. The van der Waals surface area contributed by atoms with E-state index >= 15 is 0 Å². The molecule has 2 rings (SSSR count). The highest BCUT2D eigenvalue weighted by molar-refractivity contribution is 5.60. The van der Waals surface area contributed by atoms with E-state index in [1.807, 2.05) is 29.9 Å². The van der Waals surface area contributed by atoms with Crippen molar-refractivity contribution in [2.45, 2.75) is 20.3 Å². The highest BCUT2D eigenvalue weighted by Gasteiger charge is 2.08. The topological polar surface area (TPSA) is 14.2 Å². The van der Waals surface area contributed by atoms with Crippen LogP contribution in [0.15, 0.2) is 42.5 Å². The number of aromatic nitrogens is 1. The largest absolute Gasteiger partial charge is 0.414 e. The third kappa shape index (κ3) is 1.96. The first-order valence-electron chi connectivity index (χ1n) is 5.76. The number of hydrogen-bond donors (Lipinski definition) is 0. The molecule has 0 aliphatic carbocycles. The van der Waals surface area contributed by atoms with Crippen molar-refractivity contribution in [2.24, 2.45) is 0 Å². The fourth-order valence-corrected chi connectivity index (χ4v) is 1.83. The first kappa shape index (κ1) is 10.8. The Bertz CT molecular complexity index is 445. The molecule has 0 amide bonds. The Kier molecular flexibility index (Phi) is 3.30. The summed E-state index contributed by atoms with van der Waals surface area (Å²) in [5.41, 5.74) is 3.52. The van der Waals surface area contributed by atoms with Crippen molar-refractivity contribution in [1.29, 1.82) is 0 Å². The summed E-state index contributed by atoms with van der Waals surface area (Å²) < 4.78 is 1.94. The molecular formula is C14H17NO. The molecule has 0 aliphatic heterocycles. The van der Waals surface area contributed by atoms with E-state index in [9.17, 15) is 0 Å². The van der Waals surface area contributed by atoms with Gasteiger partial charge in [0.1, 0.15) is 6.61 Å². The maximum atomic E-state index is 5.67. The quantitative estimate of drug-likeness (QED) is 0.764. The standard InChI is InChI=1S/C14H17NO/c1-3-13-10-11-14(15(13)16-4-2)12-8-6-5-7-9-12/h5-11H,3-4H2,1-2H3. The smallest absolute Gasteiger partial charge is 0.112 e. The molecule has 0 bridgehead atoms. The normalized spacial score (nSPS) is 10.4. The number of nitrogens with zero attached hydrogens (tertiary/aromatic N) is 1. The van der Waals surface area contributed by atoms with E-state index in [0.29, 0.717) is 6.61 Å². The van der Waals surface area contributed by atoms with E-state index in [-0.39, 0.29) is 0 Å². The molecule has 0 saturated carbocycles. The molecule has 1 aromatic heterocycles. The van der Waals surface area contributed by atoms with E-state index < -0.39 is 0 Å². The summed E-state index contributed by atoms with van der Waals surface area (Å²) in [6.07, 6.45) is 0.979. The summed E-state index contributed by atoms with van der Waals surface area (Å²) in [4.78, 5) is 5.67. The summed E-state index contributed by atoms with van der Waals surface area (Å²) in [5.74, 6) is 0. The van der Waals surface area contributed by atoms with Gasteiger partial charge >= 0.3 is 0 Å². The van der Waals surface area contributed by atoms with Crippen LogP contribution in [0.5, 0.6) is 0 Å². The molecule has 0 unspecified atom stereocenters. The minimum atomic E-state index is 0.682. The fourth-order valence-electron chi connectivity index (χ4n) is 1.83. The van der Waals surface area contributed by atoms with Crippen LogP contribution in [0.25, 0.3) is 11.3 Å². The van der Waals surface area contributed by atoms with Crippen molar-refractivity contribution >= 4 is 0 Å². The lowest BCUT2D eigenvalue weighted by atomic mass is 10.2. The monoisotopic (exact) mass is 215 g/mol. The Morgan fingerprint density at radius 2 is 1.75 bits per heavy atom. The molecule has 0 atom stereocenters. The van der Waals surface area contributed by atoms with Gasteiger partial charge < -0.3 is 4.84 Å². The predicted octanol–water partition coefficient (Wildman–Crippen LogP) is 3.17. The summed E-state index contributed by atoms with van der Waals surface area (Å²) in [5, 5.41) is 0. The average Bonchev–Trinajstić information content (AvgIpc) is 2.74. The predicted molar refractivity (Wildman–Crippen MR) is 66.4 cm³/mol. The van der Waals surface area contributed by atoms with Crippen LogP contribution < -0.4 is 4.84 Å². The second-order valence-corrected chi connectivity index (χ2v) is 3.64. The van der Waals surface area contributed by atoms with Crippen molar-refractivity contribution in [2.75, 3.05) is 6.61 Å². The van der Waals surface area contributed by atoms with Crippen LogP contribution in [0.1, 0.15) is 19.5 Å². The Labute approximate surface area is 96.4 Å². The van der Waals surface area contributed by atoms with Gasteiger partial charge in [0.25, 0.3) is 0 Å². The van der Waals surface area contributed by atoms with Crippen LogP contribution in [-0.4, -0.2) is 11.3 Å². The molecule has 2 nitrogen and oxygen atoms in total. The molecule has 2 aromatic rings.